The van der Waals surface area contributed by atoms with Crippen molar-refractivity contribution in [2.24, 2.45) is 5.92 Å². The van der Waals surface area contributed by atoms with Crippen LogP contribution in [0.5, 0.6) is 11.5 Å². The number of carbonyl (C=O) groups excluding carboxylic acids is 2. The van der Waals surface area contributed by atoms with Crippen LogP contribution in [0.3, 0.4) is 0 Å². The van der Waals surface area contributed by atoms with Crippen LogP contribution >= 0.6 is 0 Å². The molecule has 1 amide bonds. The van der Waals surface area contributed by atoms with Crippen molar-refractivity contribution in [1.29, 1.82) is 0 Å². The van der Waals surface area contributed by atoms with E-state index in [9.17, 15) is 9.59 Å². The van der Waals surface area contributed by atoms with Crippen molar-refractivity contribution < 1.29 is 19.1 Å². The molecular weight excluding hydrogens is 258 g/mol. The summed E-state index contributed by atoms with van der Waals surface area (Å²) in [7, 11) is 3.16. The number of rotatable bonds is 3. The number of carbonyl (C=O) groups is 2. The number of nitrogens with one attached hydrogen (secondary N) is 1. The first kappa shape index (κ1) is 14.4. The highest BCUT2D eigenvalue weighted by atomic mass is 16.5. The lowest BCUT2D eigenvalue weighted by molar-refractivity contribution is -0.133. The summed E-state index contributed by atoms with van der Waals surface area (Å²) >= 11 is 0. The van der Waals surface area contributed by atoms with E-state index in [2.05, 4.69) is 5.32 Å². The second-order valence-corrected chi connectivity index (χ2v) is 4.88. The molecule has 1 aromatic rings. The van der Waals surface area contributed by atoms with Crippen LogP contribution in [0.25, 0.3) is 0 Å². The van der Waals surface area contributed by atoms with Gasteiger partial charge in [0.2, 0.25) is 5.91 Å². The minimum absolute atomic E-state index is 0.120. The third-order valence-electron chi connectivity index (χ3n) is 3.63. The van der Waals surface area contributed by atoms with Crippen LogP contribution in [-0.4, -0.2) is 32.5 Å². The maximum atomic E-state index is 11.9. The molecule has 5 nitrogen and oxygen atoms in total. The summed E-state index contributed by atoms with van der Waals surface area (Å²) < 4.78 is 10.6. The number of hydrogen-bond acceptors (Lipinski definition) is 4. The van der Waals surface area contributed by atoms with Gasteiger partial charge in [-0.2, -0.15) is 0 Å². The standard InChI is InChI=1S/C15H19NO4/c1-9(17)12-6-11-8-14(20-3)13(19-2)7-10(11)4-5-16-15(12)18/h7-8,12H,4-6H2,1-3H3,(H,16,18). The third-order valence-corrected chi connectivity index (χ3v) is 3.63. The molecule has 1 N–H and O–H groups in total. The molecule has 1 atom stereocenters. The van der Waals surface area contributed by atoms with Gasteiger partial charge < -0.3 is 14.8 Å². The molecule has 0 spiro atoms. The van der Waals surface area contributed by atoms with Crippen LogP contribution in [-0.2, 0) is 22.4 Å². The first-order chi connectivity index (χ1) is 9.56. The quantitative estimate of drug-likeness (QED) is 0.841. The molecule has 1 aliphatic rings. The second-order valence-electron chi connectivity index (χ2n) is 4.88. The Kier molecular flexibility index (Phi) is 4.27. The van der Waals surface area contributed by atoms with E-state index in [1.165, 1.54) is 6.92 Å². The summed E-state index contributed by atoms with van der Waals surface area (Å²) in [6.45, 7) is 1.97. The molecule has 2 rings (SSSR count). The lowest BCUT2D eigenvalue weighted by atomic mass is 9.89. The molecule has 5 heteroatoms. The van der Waals surface area contributed by atoms with Gasteiger partial charge in [-0.05, 0) is 43.0 Å². The van der Waals surface area contributed by atoms with Crippen molar-refractivity contribution in [2.45, 2.75) is 19.8 Å². The van der Waals surface area contributed by atoms with Crippen molar-refractivity contribution in [2.75, 3.05) is 20.8 Å². The molecule has 1 unspecified atom stereocenters. The second kappa shape index (κ2) is 5.94. The van der Waals surface area contributed by atoms with E-state index >= 15 is 0 Å². The molecule has 0 bridgehead atoms. The number of amides is 1. The number of Topliss-reactive ketones (excluding diaryl/α,β-unsaturated/α-hetero) is 1. The van der Waals surface area contributed by atoms with Gasteiger partial charge in [-0.3, -0.25) is 9.59 Å². The summed E-state index contributed by atoms with van der Waals surface area (Å²) in [4.78, 5) is 23.6. The van der Waals surface area contributed by atoms with E-state index in [1.807, 2.05) is 12.1 Å². The van der Waals surface area contributed by atoms with E-state index in [0.29, 0.717) is 30.9 Å². The normalized spacial score (nSPS) is 18.4. The molecule has 20 heavy (non-hydrogen) atoms. The Morgan fingerprint density at radius 1 is 1.20 bits per heavy atom. The number of ketones is 1. The van der Waals surface area contributed by atoms with Gasteiger partial charge in [-0.15, -0.1) is 0 Å². The Balaban J connectivity index is 2.44. The number of methoxy groups -OCH3 is 2. The zero-order chi connectivity index (χ0) is 14.7. The van der Waals surface area contributed by atoms with E-state index in [-0.39, 0.29) is 11.7 Å². The highest BCUT2D eigenvalue weighted by molar-refractivity contribution is 6.00. The van der Waals surface area contributed by atoms with Crippen molar-refractivity contribution in [3.8, 4) is 11.5 Å². The fraction of sp³-hybridized carbons (Fsp3) is 0.467. The van der Waals surface area contributed by atoms with Gasteiger partial charge in [0.1, 0.15) is 11.7 Å². The lowest BCUT2D eigenvalue weighted by Gasteiger charge is -2.21. The highest BCUT2D eigenvalue weighted by Gasteiger charge is 2.27. The molecule has 1 heterocycles. The van der Waals surface area contributed by atoms with E-state index in [0.717, 1.165) is 11.1 Å². The third kappa shape index (κ3) is 2.76. The summed E-state index contributed by atoms with van der Waals surface area (Å²) in [5.41, 5.74) is 2.05. The minimum atomic E-state index is -0.632. The Labute approximate surface area is 118 Å². The van der Waals surface area contributed by atoms with Gasteiger partial charge in [-0.25, -0.2) is 0 Å². The fourth-order valence-corrected chi connectivity index (χ4v) is 2.47. The smallest absolute Gasteiger partial charge is 0.230 e. The van der Waals surface area contributed by atoms with Crippen LogP contribution in [0.4, 0.5) is 0 Å². The average molecular weight is 277 g/mol. The van der Waals surface area contributed by atoms with E-state index in [1.54, 1.807) is 14.2 Å². The molecule has 108 valence electrons. The van der Waals surface area contributed by atoms with Crippen LogP contribution in [0, 0.1) is 5.92 Å². The summed E-state index contributed by atoms with van der Waals surface area (Å²) in [5.74, 6) is 0.335. The average Bonchev–Trinajstić information content (AvgIpc) is 2.42. The van der Waals surface area contributed by atoms with Crippen LogP contribution in [0.15, 0.2) is 12.1 Å². The Bertz CT molecular complexity index is 539. The van der Waals surface area contributed by atoms with E-state index in [4.69, 9.17) is 9.47 Å². The molecule has 0 saturated carbocycles. The predicted molar refractivity (Wildman–Crippen MR) is 74.1 cm³/mol. The fourth-order valence-electron chi connectivity index (χ4n) is 2.47. The monoisotopic (exact) mass is 277 g/mol. The Morgan fingerprint density at radius 3 is 2.35 bits per heavy atom. The molecule has 0 aromatic heterocycles. The van der Waals surface area contributed by atoms with Gasteiger partial charge >= 0.3 is 0 Å². The summed E-state index contributed by atoms with van der Waals surface area (Å²) in [6.07, 6.45) is 1.11. The number of benzene rings is 1. The molecular formula is C15H19NO4. The zero-order valence-electron chi connectivity index (χ0n) is 12.0. The van der Waals surface area contributed by atoms with Gasteiger partial charge in [0.15, 0.2) is 11.5 Å². The Hall–Kier alpha value is -2.04. The Morgan fingerprint density at radius 2 is 1.80 bits per heavy atom. The van der Waals surface area contributed by atoms with Crippen molar-refractivity contribution >= 4 is 11.7 Å². The largest absolute Gasteiger partial charge is 0.493 e. The maximum absolute atomic E-state index is 11.9. The maximum Gasteiger partial charge on any atom is 0.230 e. The number of hydrogen-bond donors (Lipinski definition) is 1. The topological polar surface area (TPSA) is 64.6 Å². The summed E-state index contributed by atoms with van der Waals surface area (Å²) in [5, 5.41) is 2.79. The van der Waals surface area contributed by atoms with Crippen LogP contribution in [0.1, 0.15) is 18.1 Å². The lowest BCUT2D eigenvalue weighted by Crippen LogP contribution is -2.38. The van der Waals surface area contributed by atoms with Crippen molar-refractivity contribution in [1.82, 2.24) is 5.32 Å². The van der Waals surface area contributed by atoms with Gasteiger partial charge in [0.05, 0.1) is 14.2 Å². The number of ether oxygens (including phenoxy) is 2. The predicted octanol–water partition coefficient (Wildman–Crippen LogP) is 1.12. The van der Waals surface area contributed by atoms with Crippen molar-refractivity contribution in [3.63, 3.8) is 0 Å². The highest BCUT2D eigenvalue weighted by Crippen LogP contribution is 2.32. The SMILES string of the molecule is COc1cc2c(cc1OC)CC(C(C)=O)C(=O)NCC2. The van der Waals surface area contributed by atoms with Gasteiger partial charge in [0.25, 0.3) is 0 Å². The van der Waals surface area contributed by atoms with Crippen molar-refractivity contribution in [3.05, 3.63) is 23.3 Å². The minimum Gasteiger partial charge on any atom is -0.493 e. The molecule has 0 saturated heterocycles. The van der Waals surface area contributed by atoms with Crippen LogP contribution in [0.2, 0.25) is 0 Å². The molecule has 0 aliphatic carbocycles. The molecule has 1 aromatic carbocycles. The molecule has 0 fully saturated rings. The van der Waals surface area contributed by atoms with Gasteiger partial charge in [0, 0.05) is 6.54 Å². The first-order valence-electron chi connectivity index (χ1n) is 6.58. The number of fused-ring (bicyclic) bond motifs is 1. The zero-order valence-corrected chi connectivity index (χ0v) is 12.0. The van der Waals surface area contributed by atoms with E-state index < -0.39 is 5.92 Å². The molecule has 0 radical (unpaired) electrons. The molecule has 1 aliphatic heterocycles. The van der Waals surface area contributed by atoms with Gasteiger partial charge in [-0.1, -0.05) is 0 Å². The first-order valence-corrected chi connectivity index (χ1v) is 6.58. The summed E-state index contributed by atoms with van der Waals surface area (Å²) in [6, 6.07) is 3.78. The van der Waals surface area contributed by atoms with Crippen LogP contribution < -0.4 is 14.8 Å².